The van der Waals surface area contributed by atoms with E-state index in [0.29, 0.717) is 0 Å². The Morgan fingerprint density at radius 2 is 2.25 bits per heavy atom. The third-order valence-electron chi connectivity index (χ3n) is 1.63. The molecule has 0 unspecified atom stereocenters. The molecule has 0 bridgehead atoms. The zero-order chi connectivity index (χ0) is 8.97. The lowest BCUT2D eigenvalue weighted by Crippen LogP contribution is -1.98. The molecular weight excluding hydrogens is 192 g/mol. The van der Waals surface area contributed by atoms with E-state index >= 15 is 0 Å². The number of thiazole rings is 1. The van der Waals surface area contributed by atoms with Crippen LogP contribution in [0.25, 0.3) is 0 Å². The van der Waals surface area contributed by atoms with Gasteiger partial charge in [-0.1, -0.05) is 11.6 Å². The average molecular weight is 205 g/mol. The van der Waals surface area contributed by atoms with Crippen molar-refractivity contribution in [1.82, 2.24) is 4.98 Å². The fourth-order valence-corrected chi connectivity index (χ4v) is 2.10. The van der Waals surface area contributed by atoms with Gasteiger partial charge < -0.3 is 5.73 Å². The van der Waals surface area contributed by atoms with Crippen LogP contribution in [0.2, 0.25) is 4.34 Å². The summed E-state index contributed by atoms with van der Waals surface area (Å²) in [6.45, 7) is 2.70. The van der Waals surface area contributed by atoms with E-state index in [-0.39, 0.29) is 0 Å². The van der Waals surface area contributed by atoms with Gasteiger partial charge in [0.05, 0.1) is 10.7 Å². The van der Waals surface area contributed by atoms with Gasteiger partial charge in [0.2, 0.25) is 0 Å². The molecule has 4 heteroatoms. The van der Waals surface area contributed by atoms with Crippen molar-refractivity contribution in [3.63, 3.8) is 0 Å². The van der Waals surface area contributed by atoms with Crippen molar-refractivity contribution < 1.29 is 0 Å². The second kappa shape index (κ2) is 4.80. The number of hydrogen-bond donors (Lipinski definition) is 1. The summed E-state index contributed by atoms with van der Waals surface area (Å²) < 4.78 is 0.817. The molecule has 0 saturated heterocycles. The Morgan fingerprint density at radius 3 is 2.75 bits per heavy atom. The summed E-state index contributed by atoms with van der Waals surface area (Å²) in [6.07, 6.45) is 3.19. The van der Waals surface area contributed by atoms with E-state index < -0.39 is 0 Å². The highest BCUT2D eigenvalue weighted by Gasteiger charge is 2.03. The van der Waals surface area contributed by atoms with Gasteiger partial charge in [0.1, 0.15) is 4.34 Å². The lowest BCUT2D eigenvalue weighted by Gasteiger charge is -1.93. The van der Waals surface area contributed by atoms with E-state index in [1.807, 2.05) is 6.92 Å². The Morgan fingerprint density at radius 1 is 1.50 bits per heavy atom. The summed E-state index contributed by atoms with van der Waals surface area (Å²) in [7, 11) is 0. The van der Waals surface area contributed by atoms with Gasteiger partial charge in [-0.2, -0.15) is 0 Å². The van der Waals surface area contributed by atoms with Gasteiger partial charge in [0.15, 0.2) is 0 Å². The first-order valence-electron chi connectivity index (χ1n) is 4.06. The largest absolute Gasteiger partial charge is 0.330 e. The molecule has 0 spiro atoms. The molecule has 0 aliphatic carbocycles. The maximum absolute atomic E-state index is 5.87. The lowest BCUT2D eigenvalue weighted by atomic mass is 10.2. The van der Waals surface area contributed by atoms with Crippen LogP contribution < -0.4 is 5.73 Å². The Kier molecular flexibility index (Phi) is 3.98. The van der Waals surface area contributed by atoms with Gasteiger partial charge >= 0.3 is 0 Å². The van der Waals surface area contributed by atoms with Crippen LogP contribution in [0.5, 0.6) is 0 Å². The van der Waals surface area contributed by atoms with E-state index in [4.69, 9.17) is 17.3 Å². The van der Waals surface area contributed by atoms with Crippen molar-refractivity contribution in [2.75, 3.05) is 6.54 Å². The second-order valence-electron chi connectivity index (χ2n) is 2.71. The SMILES string of the molecule is Cc1nc(CCCCN)sc1Cl. The first kappa shape index (κ1) is 9.96. The minimum absolute atomic E-state index is 0.762. The molecule has 0 amide bonds. The normalized spacial score (nSPS) is 10.6. The van der Waals surface area contributed by atoms with Crippen molar-refractivity contribution in [3.05, 3.63) is 15.0 Å². The molecule has 0 aliphatic rings. The summed E-state index contributed by atoms with van der Waals surface area (Å²) in [6, 6.07) is 0. The van der Waals surface area contributed by atoms with Gasteiger partial charge in [0, 0.05) is 0 Å². The topological polar surface area (TPSA) is 38.9 Å². The molecular formula is C8H13ClN2S. The number of aryl methyl sites for hydroxylation is 2. The van der Waals surface area contributed by atoms with Gasteiger partial charge in [-0.05, 0) is 32.7 Å². The van der Waals surface area contributed by atoms with E-state index in [9.17, 15) is 0 Å². The average Bonchev–Trinajstić information content (AvgIpc) is 2.32. The zero-order valence-electron chi connectivity index (χ0n) is 7.14. The van der Waals surface area contributed by atoms with Crippen LogP contribution in [0, 0.1) is 6.92 Å². The van der Waals surface area contributed by atoms with Crippen molar-refractivity contribution >= 4 is 22.9 Å². The van der Waals surface area contributed by atoms with Crippen LogP contribution in [0.15, 0.2) is 0 Å². The number of halogens is 1. The maximum atomic E-state index is 5.87. The summed E-state index contributed by atoms with van der Waals surface area (Å²) in [5.74, 6) is 0. The molecule has 12 heavy (non-hydrogen) atoms. The predicted octanol–water partition coefficient (Wildman–Crippen LogP) is 2.39. The van der Waals surface area contributed by atoms with Crippen molar-refractivity contribution in [2.24, 2.45) is 5.73 Å². The Balaban J connectivity index is 2.42. The second-order valence-corrected chi connectivity index (χ2v) is 4.40. The molecule has 0 aliphatic heterocycles. The molecule has 68 valence electrons. The van der Waals surface area contributed by atoms with Gasteiger partial charge in [-0.25, -0.2) is 4.98 Å². The first-order valence-corrected chi connectivity index (χ1v) is 5.25. The molecule has 0 aromatic carbocycles. The third-order valence-corrected chi connectivity index (χ3v) is 3.14. The summed E-state index contributed by atoms with van der Waals surface area (Å²) in [4.78, 5) is 4.33. The Hall–Kier alpha value is -0.120. The van der Waals surface area contributed by atoms with Crippen molar-refractivity contribution in [2.45, 2.75) is 26.2 Å². The number of nitrogens with two attached hydrogens (primary N) is 1. The van der Waals surface area contributed by atoms with Crippen LogP contribution in [0.4, 0.5) is 0 Å². The third kappa shape index (κ3) is 2.73. The molecule has 2 nitrogen and oxygen atoms in total. The molecule has 1 heterocycles. The number of rotatable bonds is 4. The predicted molar refractivity (Wildman–Crippen MR) is 53.9 cm³/mol. The van der Waals surface area contributed by atoms with E-state index in [1.165, 1.54) is 0 Å². The molecule has 1 rings (SSSR count). The van der Waals surface area contributed by atoms with E-state index in [2.05, 4.69) is 4.98 Å². The summed E-state index contributed by atoms with van der Waals surface area (Å²) in [5, 5.41) is 1.13. The van der Waals surface area contributed by atoms with E-state index in [1.54, 1.807) is 11.3 Å². The van der Waals surface area contributed by atoms with Crippen LogP contribution in [-0.4, -0.2) is 11.5 Å². The number of nitrogens with zero attached hydrogens (tertiary/aromatic N) is 1. The van der Waals surface area contributed by atoms with Crippen LogP contribution in [-0.2, 0) is 6.42 Å². The first-order chi connectivity index (χ1) is 5.74. The van der Waals surface area contributed by atoms with Gasteiger partial charge in [-0.15, -0.1) is 11.3 Å². The molecule has 1 aromatic rings. The quantitative estimate of drug-likeness (QED) is 0.765. The highest BCUT2D eigenvalue weighted by Crippen LogP contribution is 2.24. The lowest BCUT2D eigenvalue weighted by molar-refractivity contribution is 0.740. The Bertz CT molecular complexity index is 228. The number of unbranched alkanes of at least 4 members (excludes halogenated alkanes) is 1. The minimum Gasteiger partial charge on any atom is -0.330 e. The molecule has 0 saturated carbocycles. The van der Waals surface area contributed by atoms with E-state index in [0.717, 1.165) is 40.8 Å². The van der Waals surface area contributed by atoms with Crippen LogP contribution in [0.3, 0.4) is 0 Å². The van der Waals surface area contributed by atoms with Gasteiger partial charge in [-0.3, -0.25) is 0 Å². The monoisotopic (exact) mass is 204 g/mol. The van der Waals surface area contributed by atoms with Crippen molar-refractivity contribution in [1.29, 1.82) is 0 Å². The highest BCUT2D eigenvalue weighted by atomic mass is 35.5. The fourth-order valence-electron chi connectivity index (χ4n) is 0.959. The van der Waals surface area contributed by atoms with Crippen molar-refractivity contribution in [3.8, 4) is 0 Å². The van der Waals surface area contributed by atoms with Crippen LogP contribution in [0.1, 0.15) is 23.5 Å². The molecule has 0 fully saturated rings. The fraction of sp³-hybridized carbons (Fsp3) is 0.625. The Labute approximate surface area is 81.8 Å². The summed E-state index contributed by atoms with van der Waals surface area (Å²) >= 11 is 7.45. The molecule has 0 atom stereocenters. The smallest absolute Gasteiger partial charge is 0.116 e. The minimum atomic E-state index is 0.762. The maximum Gasteiger partial charge on any atom is 0.116 e. The van der Waals surface area contributed by atoms with Gasteiger partial charge in [0.25, 0.3) is 0 Å². The highest BCUT2D eigenvalue weighted by molar-refractivity contribution is 7.16. The summed E-state index contributed by atoms with van der Waals surface area (Å²) in [5.41, 5.74) is 6.33. The molecule has 2 N–H and O–H groups in total. The van der Waals surface area contributed by atoms with Crippen LogP contribution >= 0.6 is 22.9 Å². The molecule has 0 radical (unpaired) electrons. The number of aromatic nitrogens is 1. The standard InChI is InChI=1S/C8H13ClN2S/c1-6-8(9)12-7(11-6)4-2-3-5-10/h2-5,10H2,1H3. The zero-order valence-corrected chi connectivity index (χ0v) is 8.71. The number of hydrogen-bond acceptors (Lipinski definition) is 3. The molecule has 1 aromatic heterocycles.